The number of nitrogens with zero attached hydrogens (tertiary/aromatic N) is 1. The van der Waals surface area contributed by atoms with E-state index in [9.17, 15) is 87.9 Å². The molecule has 1 fully saturated rings. The number of carboxylic acid groups (broad SMARTS) is 4. The predicted molar refractivity (Wildman–Crippen MR) is 347 cm³/mol. The van der Waals surface area contributed by atoms with Crippen LogP contribution in [0.2, 0.25) is 0 Å². The van der Waals surface area contributed by atoms with Gasteiger partial charge in [-0.1, -0.05) is 57.5 Å². The quantitative estimate of drug-likeness (QED) is 0.0191. The summed E-state index contributed by atoms with van der Waals surface area (Å²) in [5.74, 6) is -12.4. The number of rotatable bonds is 49. The van der Waals surface area contributed by atoms with Gasteiger partial charge in [0, 0.05) is 57.7 Å². The summed E-state index contributed by atoms with van der Waals surface area (Å²) in [5.41, 5.74) is 3.49. The van der Waals surface area contributed by atoms with Crippen LogP contribution >= 0.6 is 0 Å². The van der Waals surface area contributed by atoms with E-state index in [-0.39, 0.29) is 88.7 Å². The molecule has 5 atom stereocenters. The normalized spacial score (nSPS) is 16.1. The summed E-state index contributed by atoms with van der Waals surface area (Å²) in [6.07, 6.45) is -0.447. The number of aryl methyl sites for hydroxylation is 1. The molecular weight excluding hydrogens is 1250 g/mol. The first kappa shape index (κ1) is 84.1. The van der Waals surface area contributed by atoms with Crippen LogP contribution in [0.4, 0.5) is 0 Å². The molecule has 1 saturated carbocycles. The Morgan fingerprint density at radius 2 is 1.17 bits per heavy atom. The molecule has 5 unspecified atom stereocenters. The lowest BCUT2D eigenvalue weighted by atomic mass is 9.71. The minimum atomic E-state index is -1.72. The minimum absolute atomic E-state index is 0.0156. The number of ether oxygens (including phenoxy) is 3. The summed E-state index contributed by atoms with van der Waals surface area (Å²) in [7, 11) is 1.11. The molecule has 30 nitrogen and oxygen atoms in total. The van der Waals surface area contributed by atoms with E-state index in [1.54, 1.807) is 26.0 Å². The van der Waals surface area contributed by atoms with Crippen LogP contribution in [0.15, 0.2) is 29.3 Å². The highest BCUT2D eigenvalue weighted by Gasteiger charge is 2.39. The summed E-state index contributed by atoms with van der Waals surface area (Å²) in [4.78, 5) is 171. The molecule has 6 amide bonds. The monoisotopic (exact) mass is 1360 g/mol. The topological polar surface area (TPSA) is 476 Å². The number of carboxylic acids is 4. The van der Waals surface area contributed by atoms with Gasteiger partial charge in [0.1, 0.15) is 24.7 Å². The number of hydrogen-bond donors (Lipinski definition) is 12. The molecule has 540 valence electrons. The lowest BCUT2D eigenvalue weighted by molar-refractivity contribution is -0.213. The fourth-order valence-electron chi connectivity index (χ4n) is 11.3. The van der Waals surface area contributed by atoms with Gasteiger partial charge in [-0.3, -0.25) is 62.9 Å². The van der Waals surface area contributed by atoms with Gasteiger partial charge in [-0.15, -0.1) is 0 Å². The van der Waals surface area contributed by atoms with Crippen molar-refractivity contribution in [1.82, 2.24) is 37.2 Å². The van der Waals surface area contributed by atoms with Gasteiger partial charge in [-0.25, -0.2) is 4.79 Å². The molecule has 2 rings (SSSR count). The van der Waals surface area contributed by atoms with E-state index < -0.39 is 162 Å². The standard InChI is InChI=1S/C66H105N9O21/c1-40-14-18-42(19-15-40)58(88)68-30-12-11-13-45(57(67)87)75-65(6,7)49(76)38-96-34-33-95-32-31-70-66(8,9)56(86)44(25-29-55(85)94-10)72-61(91)47(24-28-53(81)82)73-60(90)46(23-27-52(79)80)71-50(77)26-22-48(62(92)93)74-59(89)43-20-16-41(17-21-43)37-69-51(78)35-63(2,3)39-64(4,5)36-54(83)84/h14-15,18-19,41,43-48,70,75H,11-13,16-17,20-39H2,1-10H3,(H2,67,87)(H,68,88)(H,69,78)(H,71,77)(H,72,91)(H,73,90)(H,74,89)(H,79,80)(H,81,82)(H,83,84)(H,92,93)/p-1. The maximum absolute atomic E-state index is 14.2. The third-order valence-corrected chi connectivity index (χ3v) is 16.4. The Kier molecular flexibility index (Phi) is 36.1. The second-order valence-electron chi connectivity index (χ2n) is 27.2. The number of carbonyl (C=O) groups is 13. The summed E-state index contributed by atoms with van der Waals surface area (Å²) < 4.78 is 15.9. The number of aliphatic imine (C=N–C) groups is 1. The first-order valence-corrected chi connectivity index (χ1v) is 32.5. The van der Waals surface area contributed by atoms with Crippen LogP contribution in [-0.4, -0.2) is 198 Å². The van der Waals surface area contributed by atoms with Gasteiger partial charge in [0.15, 0.2) is 11.6 Å². The van der Waals surface area contributed by atoms with Crippen molar-refractivity contribution in [3.05, 3.63) is 35.4 Å². The van der Waals surface area contributed by atoms with Crippen LogP contribution in [-0.2, 0) is 76.5 Å². The van der Waals surface area contributed by atoms with Gasteiger partial charge in [-0.2, -0.15) is 0 Å². The molecule has 1 aromatic carbocycles. The third kappa shape index (κ3) is 33.6. The van der Waals surface area contributed by atoms with Crippen LogP contribution < -0.4 is 48.1 Å². The van der Waals surface area contributed by atoms with Gasteiger partial charge in [0.05, 0.1) is 56.5 Å². The van der Waals surface area contributed by atoms with Gasteiger partial charge < -0.3 is 82.4 Å². The molecule has 30 heteroatoms. The number of nitrogens with one attached hydrogen (secondary N) is 7. The van der Waals surface area contributed by atoms with E-state index in [0.717, 1.165) is 12.7 Å². The van der Waals surface area contributed by atoms with Gasteiger partial charge >= 0.3 is 29.8 Å². The highest BCUT2D eigenvalue weighted by atomic mass is 16.5. The predicted octanol–water partition coefficient (Wildman–Crippen LogP) is 1.75. The van der Waals surface area contributed by atoms with Crippen molar-refractivity contribution in [3.8, 4) is 0 Å². The number of esters is 1. The van der Waals surface area contributed by atoms with Crippen LogP contribution in [0.5, 0.6) is 0 Å². The zero-order chi connectivity index (χ0) is 72.6. The molecule has 13 N–H and O–H groups in total. The average molecular weight is 1360 g/mol. The Morgan fingerprint density at radius 3 is 1.73 bits per heavy atom. The van der Waals surface area contributed by atoms with Crippen molar-refractivity contribution in [2.45, 2.75) is 219 Å². The van der Waals surface area contributed by atoms with Crippen molar-refractivity contribution in [3.63, 3.8) is 0 Å². The van der Waals surface area contributed by atoms with Crippen LogP contribution in [0.3, 0.4) is 0 Å². The van der Waals surface area contributed by atoms with Crippen molar-refractivity contribution >= 4 is 82.8 Å². The fraction of sp³-hybridized carbons (Fsp3) is 0.697. The molecule has 0 bridgehead atoms. The Balaban J connectivity index is 2.00. The smallest absolute Gasteiger partial charge is 0.326 e. The third-order valence-electron chi connectivity index (χ3n) is 16.4. The Labute approximate surface area is 561 Å². The number of nitrogens with two attached hydrogens (primary N) is 1. The Hall–Kier alpha value is -7.96. The molecule has 1 aromatic rings. The van der Waals surface area contributed by atoms with Gasteiger partial charge in [-0.05, 0) is 140 Å². The lowest BCUT2D eigenvalue weighted by Crippen LogP contribution is -2.60. The minimum Gasteiger partial charge on any atom is -0.858 e. The van der Waals surface area contributed by atoms with Crippen molar-refractivity contribution in [2.75, 3.05) is 53.2 Å². The molecule has 0 heterocycles. The number of primary amides is 1. The molecule has 96 heavy (non-hydrogen) atoms. The Bertz CT molecular complexity index is 2830. The van der Waals surface area contributed by atoms with Crippen LogP contribution in [0, 0.1) is 29.6 Å². The molecule has 0 aromatic heterocycles. The number of unbranched alkanes of at least 4 members (excludes halogenated alkanes) is 1. The molecule has 1 aliphatic carbocycles. The first-order chi connectivity index (χ1) is 44.8. The van der Waals surface area contributed by atoms with E-state index in [1.165, 1.54) is 13.8 Å². The van der Waals surface area contributed by atoms with E-state index >= 15 is 0 Å². The fourth-order valence-corrected chi connectivity index (χ4v) is 11.3. The maximum Gasteiger partial charge on any atom is 0.326 e. The number of methoxy groups -OCH3 is 1. The molecule has 1 aliphatic rings. The highest BCUT2D eigenvalue weighted by Crippen LogP contribution is 2.38. The molecule has 0 aliphatic heterocycles. The zero-order valence-electron chi connectivity index (χ0n) is 57.3. The number of benzene rings is 1. The van der Waals surface area contributed by atoms with E-state index in [1.807, 2.05) is 46.8 Å². The van der Waals surface area contributed by atoms with Crippen LogP contribution in [0.1, 0.15) is 182 Å². The van der Waals surface area contributed by atoms with Crippen LogP contribution in [0.25, 0.3) is 0 Å². The van der Waals surface area contributed by atoms with E-state index in [0.29, 0.717) is 63.5 Å². The maximum atomic E-state index is 14.2. The highest BCUT2D eigenvalue weighted by molar-refractivity contribution is 5.98. The summed E-state index contributed by atoms with van der Waals surface area (Å²) in [6, 6.07) is -0.224. The second-order valence-corrected chi connectivity index (χ2v) is 27.2. The van der Waals surface area contributed by atoms with Crippen molar-refractivity contribution in [2.24, 2.45) is 33.4 Å². The number of aliphatic carboxylic acids is 4. The zero-order valence-corrected chi connectivity index (χ0v) is 57.3. The second kappa shape index (κ2) is 41.2. The number of carbonyl (C=O) groups excluding carboxylic acids is 9. The Morgan fingerprint density at radius 1 is 0.615 bits per heavy atom. The number of Topliss-reactive ketones (excluding diaryl/α,β-unsaturated/α-hetero) is 2. The van der Waals surface area contributed by atoms with E-state index in [2.05, 4.69) is 42.2 Å². The SMILES string of the molecule is COC(=O)CCC(NC(=O)C(CCC(=O)O)NC(=O)C(CCC(=O)O)NC(=O)CCC(NC(=O)C1CCC(CNC(=O)CC(C)(C)CC(C)(C)CC(=O)O)CC1)C(=O)O)C(=O)C(C)(C)NCCOCCOCC(=O)C(C)(C)NC(CCCCN=C([O-])c1ccc(C)cc1)C(N)=O. The molecular formula is C66H104N9O21-. The van der Waals surface area contributed by atoms with Gasteiger partial charge in [0.2, 0.25) is 35.4 Å². The van der Waals surface area contributed by atoms with Crippen molar-refractivity contribution in [1.29, 1.82) is 0 Å². The molecule has 0 saturated heterocycles. The molecule has 0 spiro atoms. The summed E-state index contributed by atoms with van der Waals surface area (Å²) in [5, 5.41) is 69.4. The largest absolute Gasteiger partial charge is 0.858 e. The summed E-state index contributed by atoms with van der Waals surface area (Å²) in [6.45, 7) is 15.9. The number of hydrogen-bond acceptors (Lipinski definition) is 20. The van der Waals surface area contributed by atoms with E-state index in [4.69, 9.17) is 19.9 Å². The lowest BCUT2D eigenvalue weighted by Gasteiger charge is -2.34. The van der Waals surface area contributed by atoms with Crippen molar-refractivity contribution < 1.29 is 102 Å². The van der Waals surface area contributed by atoms with Gasteiger partial charge in [0.25, 0.3) is 0 Å². The first-order valence-electron chi connectivity index (χ1n) is 32.5. The summed E-state index contributed by atoms with van der Waals surface area (Å²) >= 11 is 0. The average Bonchev–Trinajstić information content (AvgIpc) is 0.871. The number of amides is 6. The number of ketones is 2. The molecule has 0 radical (unpaired) electrons.